The van der Waals surface area contributed by atoms with Crippen LogP contribution in [0.4, 0.5) is 0 Å². The SMILES string of the molecule is CCCCCSC(C)CNC1CC1. The van der Waals surface area contributed by atoms with Gasteiger partial charge in [0.15, 0.2) is 0 Å². The molecule has 0 spiro atoms. The topological polar surface area (TPSA) is 12.0 Å². The summed E-state index contributed by atoms with van der Waals surface area (Å²) in [6.45, 7) is 5.82. The molecule has 0 aromatic carbocycles. The van der Waals surface area contributed by atoms with Gasteiger partial charge in [-0.25, -0.2) is 0 Å². The lowest BCUT2D eigenvalue weighted by Crippen LogP contribution is -2.24. The molecule has 0 radical (unpaired) electrons. The molecular formula is C11H23NS. The van der Waals surface area contributed by atoms with E-state index in [2.05, 4.69) is 30.9 Å². The van der Waals surface area contributed by atoms with Crippen LogP contribution in [0.15, 0.2) is 0 Å². The highest BCUT2D eigenvalue weighted by Crippen LogP contribution is 2.20. The highest BCUT2D eigenvalue weighted by molar-refractivity contribution is 7.99. The molecule has 0 saturated heterocycles. The van der Waals surface area contributed by atoms with E-state index in [1.165, 1.54) is 44.4 Å². The minimum atomic E-state index is 0.803. The molecule has 0 aromatic heterocycles. The zero-order valence-electron chi connectivity index (χ0n) is 9.01. The van der Waals surface area contributed by atoms with Gasteiger partial charge < -0.3 is 5.32 Å². The van der Waals surface area contributed by atoms with Crippen molar-refractivity contribution in [3.63, 3.8) is 0 Å². The van der Waals surface area contributed by atoms with Crippen LogP contribution >= 0.6 is 11.8 Å². The van der Waals surface area contributed by atoms with E-state index in [-0.39, 0.29) is 0 Å². The van der Waals surface area contributed by atoms with Crippen molar-refractivity contribution in [2.24, 2.45) is 0 Å². The fourth-order valence-corrected chi connectivity index (χ4v) is 2.30. The van der Waals surface area contributed by atoms with Gasteiger partial charge in [0.1, 0.15) is 0 Å². The second-order valence-corrected chi connectivity index (χ2v) is 5.62. The van der Waals surface area contributed by atoms with Crippen LogP contribution in [0.5, 0.6) is 0 Å². The maximum absolute atomic E-state index is 3.58. The van der Waals surface area contributed by atoms with Gasteiger partial charge >= 0.3 is 0 Å². The minimum Gasteiger partial charge on any atom is -0.313 e. The largest absolute Gasteiger partial charge is 0.313 e. The number of hydrogen-bond donors (Lipinski definition) is 1. The first-order chi connectivity index (χ1) is 6.33. The van der Waals surface area contributed by atoms with E-state index in [0.717, 1.165) is 11.3 Å². The van der Waals surface area contributed by atoms with E-state index >= 15 is 0 Å². The van der Waals surface area contributed by atoms with Crippen LogP contribution in [0.1, 0.15) is 46.0 Å². The average Bonchev–Trinajstić information content (AvgIpc) is 2.92. The Bertz CT molecular complexity index is 123. The van der Waals surface area contributed by atoms with Gasteiger partial charge in [-0.3, -0.25) is 0 Å². The van der Waals surface area contributed by atoms with Crippen LogP contribution in [-0.4, -0.2) is 23.6 Å². The molecule has 78 valence electrons. The van der Waals surface area contributed by atoms with Gasteiger partial charge in [-0.2, -0.15) is 11.8 Å². The molecule has 1 fully saturated rings. The Labute approximate surface area is 87.1 Å². The van der Waals surface area contributed by atoms with Crippen LogP contribution in [0.2, 0.25) is 0 Å². The summed E-state index contributed by atoms with van der Waals surface area (Å²) in [7, 11) is 0. The van der Waals surface area contributed by atoms with Crippen molar-refractivity contribution < 1.29 is 0 Å². The fraction of sp³-hybridized carbons (Fsp3) is 1.00. The van der Waals surface area contributed by atoms with Crippen molar-refractivity contribution in [3.8, 4) is 0 Å². The molecule has 0 heterocycles. The Kier molecular flexibility index (Phi) is 5.88. The Balaban J connectivity index is 1.81. The van der Waals surface area contributed by atoms with Crippen LogP contribution in [-0.2, 0) is 0 Å². The van der Waals surface area contributed by atoms with Gasteiger partial charge in [-0.15, -0.1) is 0 Å². The van der Waals surface area contributed by atoms with Crippen LogP contribution in [0.3, 0.4) is 0 Å². The molecule has 0 amide bonds. The number of hydrogen-bond acceptors (Lipinski definition) is 2. The highest BCUT2D eigenvalue weighted by Gasteiger charge is 2.20. The second-order valence-electron chi connectivity index (χ2n) is 4.07. The van der Waals surface area contributed by atoms with Gasteiger partial charge in [0, 0.05) is 17.8 Å². The van der Waals surface area contributed by atoms with Gasteiger partial charge in [-0.1, -0.05) is 26.7 Å². The molecule has 0 aliphatic heterocycles. The van der Waals surface area contributed by atoms with Gasteiger partial charge in [0.05, 0.1) is 0 Å². The molecule has 0 bridgehead atoms. The molecule has 13 heavy (non-hydrogen) atoms. The summed E-state index contributed by atoms with van der Waals surface area (Å²) in [4.78, 5) is 0. The van der Waals surface area contributed by atoms with Crippen molar-refractivity contribution in [1.82, 2.24) is 5.32 Å². The van der Waals surface area contributed by atoms with Crippen molar-refractivity contribution in [2.45, 2.75) is 57.2 Å². The van der Waals surface area contributed by atoms with E-state index in [0.29, 0.717) is 0 Å². The van der Waals surface area contributed by atoms with Crippen LogP contribution < -0.4 is 5.32 Å². The normalized spacial score (nSPS) is 18.9. The monoisotopic (exact) mass is 201 g/mol. The molecule has 1 aliphatic carbocycles. The summed E-state index contributed by atoms with van der Waals surface area (Å²) in [5.74, 6) is 1.35. The lowest BCUT2D eigenvalue weighted by molar-refractivity contribution is 0.678. The van der Waals surface area contributed by atoms with Crippen molar-refractivity contribution in [2.75, 3.05) is 12.3 Å². The Hall–Kier alpha value is 0.310. The first-order valence-electron chi connectivity index (χ1n) is 5.68. The van der Waals surface area contributed by atoms with Crippen LogP contribution in [0.25, 0.3) is 0 Å². The summed E-state index contributed by atoms with van der Waals surface area (Å²) in [6, 6.07) is 0.874. The van der Waals surface area contributed by atoms with Crippen molar-refractivity contribution in [3.05, 3.63) is 0 Å². The molecular weight excluding hydrogens is 178 g/mol. The molecule has 2 heteroatoms. The zero-order chi connectivity index (χ0) is 9.52. The Morgan fingerprint density at radius 2 is 2.15 bits per heavy atom. The summed E-state index contributed by atoms with van der Waals surface area (Å²) in [5, 5.41) is 4.38. The number of unbranched alkanes of at least 4 members (excludes halogenated alkanes) is 2. The van der Waals surface area contributed by atoms with E-state index in [9.17, 15) is 0 Å². The van der Waals surface area contributed by atoms with E-state index in [1.807, 2.05) is 0 Å². The van der Waals surface area contributed by atoms with E-state index < -0.39 is 0 Å². The Morgan fingerprint density at radius 3 is 2.77 bits per heavy atom. The maximum atomic E-state index is 3.58. The third-order valence-corrected chi connectivity index (χ3v) is 3.68. The third kappa shape index (κ3) is 6.39. The van der Waals surface area contributed by atoms with Crippen molar-refractivity contribution in [1.29, 1.82) is 0 Å². The predicted molar refractivity (Wildman–Crippen MR) is 62.5 cm³/mol. The lowest BCUT2D eigenvalue weighted by Gasteiger charge is -2.11. The molecule has 1 atom stereocenters. The van der Waals surface area contributed by atoms with Gasteiger partial charge in [0.25, 0.3) is 0 Å². The van der Waals surface area contributed by atoms with Crippen LogP contribution in [0, 0.1) is 0 Å². The van der Waals surface area contributed by atoms with Gasteiger partial charge in [-0.05, 0) is 25.0 Å². The third-order valence-electron chi connectivity index (χ3n) is 2.42. The maximum Gasteiger partial charge on any atom is 0.0144 e. The number of thioether (sulfide) groups is 1. The predicted octanol–water partition coefficient (Wildman–Crippen LogP) is 3.05. The first-order valence-corrected chi connectivity index (χ1v) is 6.72. The fourth-order valence-electron chi connectivity index (χ4n) is 1.32. The number of rotatable bonds is 8. The molecule has 1 saturated carbocycles. The second kappa shape index (κ2) is 6.72. The van der Waals surface area contributed by atoms with Gasteiger partial charge in [0.2, 0.25) is 0 Å². The minimum absolute atomic E-state index is 0.803. The molecule has 0 aromatic rings. The zero-order valence-corrected chi connectivity index (χ0v) is 9.83. The molecule has 1 unspecified atom stereocenters. The van der Waals surface area contributed by atoms with E-state index in [1.54, 1.807) is 0 Å². The smallest absolute Gasteiger partial charge is 0.0144 e. The Morgan fingerprint density at radius 1 is 1.38 bits per heavy atom. The quantitative estimate of drug-likeness (QED) is 0.606. The summed E-state index contributed by atoms with van der Waals surface area (Å²) < 4.78 is 0. The summed E-state index contributed by atoms with van der Waals surface area (Å²) in [6.07, 6.45) is 6.96. The first kappa shape index (κ1) is 11.4. The molecule has 1 aliphatic rings. The average molecular weight is 201 g/mol. The molecule has 1 N–H and O–H groups in total. The molecule has 1 rings (SSSR count). The summed E-state index contributed by atoms with van der Waals surface area (Å²) >= 11 is 2.12. The van der Waals surface area contributed by atoms with Crippen molar-refractivity contribution >= 4 is 11.8 Å². The summed E-state index contributed by atoms with van der Waals surface area (Å²) in [5.41, 5.74) is 0. The molecule has 1 nitrogen and oxygen atoms in total. The lowest BCUT2D eigenvalue weighted by atomic mass is 10.3. The number of nitrogens with one attached hydrogen (secondary N) is 1. The standard InChI is InChI=1S/C11H23NS/c1-3-4-5-8-13-10(2)9-12-11-6-7-11/h10-12H,3-9H2,1-2H3. The highest BCUT2D eigenvalue weighted by atomic mass is 32.2. The van der Waals surface area contributed by atoms with E-state index in [4.69, 9.17) is 0 Å².